The minimum absolute atomic E-state index is 0.139. The number of hydrogen-bond acceptors (Lipinski definition) is 4. The Labute approximate surface area is 117 Å². The minimum Gasteiger partial charge on any atom is -0.508 e. The molecule has 6 heteroatoms. The van der Waals surface area contributed by atoms with Gasteiger partial charge in [0.2, 0.25) is 5.91 Å². The molecular formula is C14H20N2O4. The Morgan fingerprint density at radius 3 is 2.40 bits per heavy atom. The molecular weight excluding hydrogens is 260 g/mol. The second-order valence-corrected chi connectivity index (χ2v) is 4.67. The summed E-state index contributed by atoms with van der Waals surface area (Å²) in [4.78, 5) is 22.8. The molecule has 0 radical (unpaired) electrons. The molecule has 0 heterocycles. The van der Waals surface area contributed by atoms with Crippen LogP contribution in [0.15, 0.2) is 24.3 Å². The van der Waals surface area contributed by atoms with Gasteiger partial charge in [-0.1, -0.05) is 25.5 Å². The van der Waals surface area contributed by atoms with E-state index in [1.807, 2.05) is 6.92 Å². The largest absolute Gasteiger partial charge is 0.508 e. The summed E-state index contributed by atoms with van der Waals surface area (Å²) in [5, 5.41) is 20.6. The van der Waals surface area contributed by atoms with Gasteiger partial charge in [-0.2, -0.15) is 0 Å². The first-order valence-corrected chi connectivity index (χ1v) is 6.50. The van der Waals surface area contributed by atoms with Gasteiger partial charge in [0.25, 0.3) is 0 Å². The van der Waals surface area contributed by atoms with Crippen molar-refractivity contribution >= 4 is 11.9 Å². The van der Waals surface area contributed by atoms with Crippen molar-refractivity contribution in [3.8, 4) is 5.75 Å². The lowest BCUT2D eigenvalue weighted by Gasteiger charge is -2.17. The number of hydrogen-bond donors (Lipinski definition) is 4. The maximum atomic E-state index is 11.9. The Morgan fingerprint density at radius 1 is 1.30 bits per heavy atom. The summed E-state index contributed by atoms with van der Waals surface area (Å²) in [5.41, 5.74) is 6.56. The van der Waals surface area contributed by atoms with Gasteiger partial charge in [0.1, 0.15) is 11.8 Å². The molecule has 6 nitrogen and oxygen atoms in total. The zero-order chi connectivity index (χ0) is 15.1. The average molecular weight is 280 g/mol. The topological polar surface area (TPSA) is 113 Å². The Morgan fingerprint density at radius 2 is 1.90 bits per heavy atom. The molecule has 1 amide bonds. The fourth-order valence-corrected chi connectivity index (χ4v) is 1.80. The first-order valence-electron chi connectivity index (χ1n) is 6.50. The van der Waals surface area contributed by atoms with Crippen LogP contribution in [0.1, 0.15) is 25.3 Å². The van der Waals surface area contributed by atoms with Gasteiger partial charge in [-0.25, -0.2) is 4.79 Å². The predicted octanol–water partition coefficient (Wildman–Crippen LogP) is 0.631. The van der Waals surface area contributed by atoms with Crippen LogP contribution in [0.3, 0.4) is 0 Å². The number of benzene rings is 1. The summed E-state index contributed by atoms with van der Waals surface area (Å²) >= 11 is 0. The molecule has 0 bridgehead atoms. The molecule has 5 N–H and O–H groups in total. The van der Waals surface area contributed by atoms with E-state index in [1.54, 1.807) is 12.1 Å². The van der Waals surface area contributed by atoms with Gasteiger partial charge in [0.05, 0.1) is 6.04 Å². The highest BCUT2D eigenvalue weighted by atomic mass is 16.4. The third-order valence-corrected chi connectivity index (χ3v) is 2.92. The minimum atomic E-state index is -1.06. The summed E-state index contributed by atoms with van der Waals surface area (Å²) in [7, 11) is 0. The number of nitrogens with two attached hydrogens (primary N) is 1. The van der Waals surface area contributed by atoms with Gasteiger partial charge in [-0.15, -0.1) is 0 Å². The fraction of sp³-hybridized carbons (Fsp3) is 0.429. The molecule has 0 aliphatic heterocycles. The Hall–Kier alpha value is -2.08. The highest BCUT2D eigenvalue weighted by Gasteiger charge is 2.22. The number of aliphatic carboxylic acids is 1. The number of phenols is 1. The Kier molecular flexibility index (Phi) is 5.99. The molecule has 1 rings (SSSR count). The van der Waals surface area contributed by atoms with Crippen molar-refractivity contribution < 1.29 is 19.8 Å². The molecule has 0 saturated heterocycles. The van der Waals surface area contributed by atoms with Crippen LogP contribution in [0.25, 0.3) is 0 Å². The van der Waals surface area contributed by atoms with E-state index >= 15 is 0 Å². The lowest BCUT2D eigenvalue weighted by atomic mass is 10.0. The molecule has 0 unspecified atom stereocenters. The number of carboxylic acids is 1. The van der Waals surface area contributed by atoms with E-state index in [-0.39, 0.29) is 12.2 Å². The van der Waals surface area contributed by atoms with Gasteiger partial charge >= 0.3 is 5.97 Å². The number of nitrogens with one attached hydrogen (secondary N) is 1. The number of amides is 1. The molecule has 0 fully saturated rings. The summed E-state index contributed by atoms with van der Waals surface area (Å²) in [6.07, 6.45) is 1.31. The number of carbonyl (C=O) groups is 2. The molecule has 0 saturated carbocycles. The predicted molar refractivity (Wildman–Crippen MR) is 74.3 cm³/mol. The SMILES string of the molecule is CCC[C@@H](NC(=O)[C@H](N)Cc1ccc(O)cc1)C(=O)O. The molecule has 2 atom stereocenters. The van der Waals surface area contributed by atoms with Crippen molar-refractivity contribution in [3.63, 3.8) is 0 Å². The number of carbonyl (C=O) groups excluding carboxylic acids is 1. The van der Waals surface area contributed by atoms with Crippen molar-refractivity contribution in [3.05, 3.63) is 29.8 Å². The third-order valence-electron chi connectivity index (χ3n) is 2.92. The monoisotopic (exact) mass is 280 g/mol. The summed E-state index contributed by atoms with van der Waals surface area (Å²) in [6, 6.07) is 4.64. The third kappa shape index (κ3) is 4.89. The van der Waals surface area contributed by atoms with Crippen LogP contribution in [0.2, 0.25) is 0 Å². The van der Waals surface area contributed by atoms with Gasteiger partial charge in [-0.3, -0.25) is 4.79 Å². The number of aromatic hydroxyl groups is 1. The molecule has 0 aliphatic carbocycles. The maximum Gasteiger partial charge on any atom is 0.326 e. The van der Waals surface area contributed by atoms with E-state index in [0.717, 1.165) is 5.56 Å². The fourth-order valence-electron chi connectivity index (χ4n) is 1.80. The first kappa shape index (κ1) is 16.0. The highest BCUT2D eigenvalue weighted by Crippen LogP contribution is 2.11. The second-order valence-electron chi connectivity index (χ2n) is 4.67. The van der Waals surface area contributed by atoms with Crippen LogP contribution >= 0.6 is 0 Å². The molecule has 0 aliphatic rings. The van der Waals surface area contributed by atoms with Crippen molar-refractivity contribution in [2.24, 2.45) is 5.73 Å². The van der Waals surface area contributed by atoms with E-state index < -0.39 is 24.0 Å². The van der Waals surface area contributed by atoms with E-state index in [4.69, 9.17) is 15.9 Å². The van der Waals surface area contributed by atoms with E-state index in [9.17, 15) is 9.59 Å². The van der Waals surface area contributed by atoms with Crippen molar-refractivity contribution in [1.29, 1.82) is 0 Å². The quantitative estimate of drug-likeness (QED) is 0.585. The molecule has 0 spiro atoms. The second kappa shape index (κ2) is 7.49. The van der Waals surface area contributed by atoms with Crippen LogP contribution in [0.4, 0.5) is 0 Å². The molecule has 0 aromatic heterocycles. The summed E-state index contributed by atoms with van der Waals surface area (Å²) < 4.78 is 0. The molecule has 20 heavy (non-hydrogen) atoms. The van der Waals surface area contributed by atoms with E-state index in [1.165, 1.54) is 12.1 Å². The van der Waals surface area contributed by atoms with Crippen molar-refractivity contribution in [2.75, 3.05) is 0 Å². The standard InChI is InChI=1S/C14H20N2O4/c1-2-3-12(14(19)20)16-13(18)11(15)8-9-4-6-10(17)7-5-9/h4-7,11-12,17H,2-3,8,15H2,1H3,(H,16,18)(H,19,20)/t11-,12-/m1/s1. The Balaban J connectivity index is 2.57. The normalized spacial score (nSPS) is 13.5. The number of rotatable bonds is 7. The van der Waals surface area contributed by atoms with E-state index in [0.29, 0.717) is 12.8 Å². The maximum absolute atomic E-state index is 11.9. The zero-order valence-corrected chi connectivity index (χ0v) is 11.4. The van der Waals surface area contributed by atoms with Crippen LogP contribution in [0.5, 0.6) is 5.75 Å². The van der Waals surface area contributed by atoms with Crippen LogP contribution in [-0.4, -0.2) is 34.2 Å². The number of phenolic OH excluding ortho intramolecular Hbond substituents is 1. The zero-order valence-electron chi connectivity index (χ0n) is 11.4. The Bertz CT molecular complexity index is 459. The summed E-state index contributed by atoms with van der Waals surface area (Å²) in [5.74, 6) is -1.41. The number of carboxylic acid groups (broad SMARTS) is 1. The lowest BCUT2D eigenvalue weighted by molar-refractivity contribution is -0.142. The average Bonchev–Trinajstić information content (AvgIpc) is 2.40. The molecule has 110 valence electrons. The van der Waals surface area contributed by atoms with Gasteiger partial charge in [0, 0.05) is 0 Å². The van der Waals surface area contributed by atoms with Gasteiger partial charge < -0.3 is 21.3 Å². The molecule has 1 aromatic rings. The van der Waals surface area contributed by atoms with Crippen LogP contribution < -0.4 is 11.1 Å². The lowest BCUT2D eigenvalue weighted by Crippen LogP contribution is -2.49. The summed E-state index contributed by atoms with van der Waals surface area (Å²) in [6.45, 7) is 1.85. The van der Waals surface area contributed by atoms with Crippen molar-refractivity contribution in [1.82, 2.24) is 5.32 Å². The highest BCUT2D eigenvalue weighted by molar-refractivity contribution is 5.86. The van der Waals surface area contributed by atoms with Crippen molar-refractivity contribution in [2.45, 2.75) is 38.3 Å². The van der Waals surface area contributed by atoms with Crippen LogP contribution in [-0.2, 0) is 16.0 Å². The smallest absolute Gasteiger partial charge is 0.326 e. The van der Waals surface area contributed by atoms with Gasteiger partial charge in [-0.05, 0) is 30.5 Å². The molecule has 1 aromatic carbocycles. The van der Waals surface area contributed by atoms with E-state index in [2.05, 4.69) is 5.32 Å². The first-order chi connectivity index (χ1) is 9.43. The van der Waals surface area contributed by atoms with Gasteiger partial charge in [0.15, 0.2) is 0 Å². The van der Waals surface area contributed by atoms with Crippen LogP contribution in [0, 0.1) is 0 Å².